The van der Waals surface area contributed by atoms with Crippen molar-refractivity contribution >= 4 is 5.78 Å². The summed E-state index contributed by atoms with van der Waals surface area (Å²) in [4.78, 5) is 12.0. The van der Waals surface area contributed by atoms with E-state index < -0.39 is 56.5 Å². The molecule has 0 spiro atoms. The Labute approximate surface area is 133 Å². The van der Waals surface area contributed by atoms with Crippen LogP contribution in [0, 0.1) is 0 Å². The summed E-state index contributed by atoms with van der Waals surface area (Å²) in [5, 5.41) is 10.4. The third kappa shape index (κ3) is 7.33. The standard InChI is InChI=1S/C15H30O6/c1-6-18-10-12(17)14(20-8-3)15(21-9-4)13(11(5)16)19-7-2/h12-15,17H,6-10H2,1-5H3/t12-,13+,14-,15-/m1/s1/i6D,7D,8D,9D/t6?,7?,8?,9?,12-,13+,14-,15-. The number of Topliss-reactive ketones (excluding diaryl/α,β-unsaturated/α-hetero) is 1. The zero-order chi connectivity index (χ0) is 19.7. The molecular formula is C15H30O6. The van der Waals surface area contributed by atoms with Gasteiger partial charge in [-0.25, -0.2) is 0 Å². The maximum Gasteiger partial charge on any atom is 0.161 e. The quantitative estimate of drug-likeness (QED) is 0.551. The van der Waals surface area contributed by atoms with Gasteiger partial charge in [0.25, 0.3) is 0 Å². The van der Waals surface area contributed by atoms with Crippen LogP contribution in [-0.4, -0.2) is 68.2 Å². The Morgan fingerprint density at radius 1 is 1.00 bits per heavy atom. The molecule has 8 atom stereocenters. The molecule has 0 aliphatic heterocycles. The van der Waals surface area contributed by atoms with Crippen LogP contribution in [0.5, 0.6) is 0 Å². The van der Waals surface area contributed by atoms with Gasteiger partial charge in [0.1, 0.15) is 24.4 Å². The highest BCUT2D eigenvalue weighted by atomic mass is 16.6. The van der Waals surface area contributed by atoms with Crippen LogP contribution in [0.4, 0.5) is 0 Å². The van der Waals surface area contributed by atoms with Gasteiger partial charge < -0.3 is 24.1 Å². The highest BCUT2D eigenvalue weighted by Gasteiger charge is 2.38. The topological polar surface area (TPSA) is 74.2 Å². The Balaban J connectivity index is 5.59. The number of rotatable bonds is 13. The summed E-state index contributed by atoms with van der Waals surface area (Å²) in [5.41, 5.74) is 0. The van der Waals surface area contributed by atoms with Crippen molar-refractivity contribution in [1.29, 1.82) is 0 Å². The molecule has 4 unspecified atom stereocenters. The van der Waals surface area contributed by atoms with Gasteiger partial charge in [-0.2, -0.15) is 0 Å². The van der Waals surface area contributed by atoms with Gasteiger partial charge in [0.05, 0.1) is 12.1 Å². The van der Waals surface area contributed by atoms with Crippen molar-refractivity contribution in [3.63, 3.8) is 0 Å². The molecule has 0 amide bonds. The van der Waals surface area contributed by atoms with Crippen molar-refractivity contribution in [1.82, 2.24) is 0 Å². The van der Waals surface area contributed by atoms with Crippen LogP contribution >= 0.6 is 0 Å². The molecule has 0 aliphatic carbocycles. The smallest absolute Gasteiger partial charge is 0.161 e. The number of hydrogen-bond donors (Lipinski definition) is 1. The maximum absolute atomic E-state index is 12.0. The normalized spacial score (nSPS) is 26.0. The maximum atomic E-state index is 12.0. The molecule has 0 aromatic carbocycles. The fraction of sp³-hybridized carbons (Fsp3) is 0.933. The molecule has 0 fully saturated rings. The number of ketones is 1. The van der Waals surface area contributed by atoms with E-state index in [4.69, 9.17) is 24.4 Å². The van der Waals surface area contributed by atoms with E-state index in [2.05, 4.69) is 0 Å². The number of hydrogen-bond acceptors (Lipinski definition) is 6. The first-order valence-electron chi connectivity index (χ1n) is 9.22. The van der Waals surface area contributed by atoms with E-state index in [0.717, 1.165) is 0 Å². The lowest BCUT2D eigenvalue weighted by atomic mass is 10.00. The average Bonchev–Trinajstić information content (AvgIpc) is 2.45. The second-order valence-electron chi connectivity index (χ2n) is 4.21. The van der Waals surface area contributed by atoms with E-state index in [-0.39, 0.29) is 6.61 Å². The molecule has 0 heterocycles. The number of carbonyl (C=O) groups excluding carboxylic acids is 1. The van der Waals surface area contributed by atoms with E-state index in [9.17, 15) is 9.90 Å². The molecule has 0 rings (SSSR count). The van der Waals surface area contributed by atoms with Crippen LogP contribution in [-0.2, 0) is 23.7 Å². The zero-order valence-electron chi connectivity index (χ0n) is 17.3. The molecule has 0 saturated heterocycles. The summed E-state index contributed by atoms with van der Waals surface area (Å²) in [5.74, 6) is -0.460. The SMILES string of the molecule is [2H]C(C)OC[C@@H](O)[C@@H](OC([2H])C)[C@H](OC([2H])C)[C@@H](OC([2H])C)C(C)=O. The lowest BCUT2D eigenvalue weighted by molar-refractivity contribution is -0.178. The minimum Gasteiger partial charge on any atom is -0.388 e. The van der Waals surface area contributed by atoms with Gasteiger partial charge in [0, 0.05) is 26.3 Å². The van der Waals surface area contributed by atoms with Gasteiger partial charge in [-0.05, 0) is 34.6 Å². The number of aliphatic hydroxyl groups excluding tert-OH is 1. The first-order chi connectivity index (χ1) is 11.5. The second kappa shape index (κ2) is 12.1. The third-order valence-corrected chi connectivity index (χ3v) is 2.70. The number of aliphatic hydroxyl groups is 1. The Morgan fingerprint density at radius 3 is 1.95 bits per heavy atom. The Hall–Kier alpha value is -0.530. The van der Waals surface area contributed by atoms with Gasteiger partial charge >= 0.3 is 0 Å². The van der Waals surface area contributed by atoms with Gasteiger partial charge in [-0.1, -0.05) is 0 Å². The number of carbonyl (C=O) groups is 1. The minimum absolute atomic E-state index is 0.282. The fourth-order valence-corrected chi connectivity index (χ4v) is 1.86. The van der Waals surface area contributed by atoms with Gasteiger partial charge in [-0.15, -0.1) is 0 Å². The van der Waals surface area contributed by atoms with Crippen molar-refractivity contribution < 1.29 is 34.3 Å². The molecule has 0 aliphatic rings. The summed E-state index contributed by atoms with van der Waals surface area (Å²) in [6.45, 7) is 2.65. The lowest BCUT2D eigenvalue weighted by Crippen LogP contribution is -2.52. The van der Waals surface area contributed by atoms with Crippen molar-refractivity contribution in [2.75, 3.05) is 32.9 Å². The summed E-state index contributed by atoms with van der Waals surface area (Å²) in [7, 11) is 0. The van der Waals surface area contributed by atoms with Crippen LogP contribution in [0.15, 0.2) is 0 Å². The summed E-state index contributed by atoms with van der Waals surface area (Å²) in [6, 6.07) is 0. The molecule has 0 aromatic rings. The van der Waals surface area contributed by atoms with Crippen molar-refractivity contribution in [3.8, 4) is 0 Å². The molecular weight excluding hydrogens is 276 g/mol. The van der Waals surface area contributed by atoms with Gasteiger partial charge in [-0.3, -0.25) is 4.79 Å². The first kappa shape index (κ1) is 14.1. The third-order valence-electron chi connectivity index (χ3n) is 2.70. The molecule has 0 radical (unpaired) electrons. The molecule has 0 aromatic heterocycles. The zero-order valence-corrected chi connectivity index (χ0v) is 13.3. The van der Waals surface area contributed by atoms with E-state index >= 15 is 0 Å². The van der Waals surface area contributed by atoms with E-state index in [0.29, 0.717) is 0 Å². The summed E-state index contributed by atoms with van der Waals surface area (Å²) < 4.78 is 51.3. The Bertz CT molecular complexity index is 381. The van der Waals surface area contributed by atoms with Crippen molar-refractivity contribution in [2.45, 2.75) is 59.0 Å². The van der Waals surface area contributed by atoms with Crippen LogP contribution in [0.1, 0.15) is 40.1 Å². The van der Waals surface area contributed by atoms with Gasteiger partial charge in [0.15, 0.2) is 5.78 Å². The van der Waals surface area contributed by atoms with Crippen molar-refractivity contribution in [3.05, 3.63) is 0 Å². The van der Waals surface area contributed by atoms with Crippen LogP contribution in [0.25, 0.3) is 0 Å². The lowest BCUT2D eigenvalue weighted by Gasteiger charge is -2.34. The van der Waals surface area contributed by atoms with E-state index in [1.54, 1.807) is 0 Å². The summed E-state index contributed by atoms with van der Waals surface area (Å²) in [6.07, 6.45) is -5.01. The molecule has 126 valence electrons. The Kier molecular flexibility index (Phi) is 8.09. The highest BCUT2D eigenvalue weighted by Crippen LogP contribution is 2.17. The second-order valence-corrected chi connectivity index (χ2v) is 4.21. The minimum atomic E-state index is -1.32. The molecule has 6 heteroatoms. The molecule has 1 N–H and O–H groups in total. The fourth-order valence-electron chi connectivity index (χ4n) is 1.86. The van der Waals surface area contributed by atoms with Crippen molar-refractivity contribution in [2.24, 2.45) is 0 Å². The van der Waals surface area contributed by atoms with E-state index in [1.807, 2.05) is 0 Å². The summed E-state index contributed by atoms with van der Waals surface area (Å²) >= 11 is 0. The number of ether oxygens (including phenoxy) is 4. The predicted molar refractivity (Wildman–Crippen MR) is 79.4 cm³/mol. The molecule has 0 bridgehead atoms. The van der Waals surface area contributed by atoms with Crippen LogP contribution in [0.2, 0.25) is 0 Å². The van der Waals surface area contributed by atoms with Crippen LogP contribution < -0.4 is 0 Å². The largest absolute Gasteiger partial charge is 0.388 e. The van der Waals surface area contributed by atoms with Crippen LogP contribution in [0.3, 0.4) is 0 Å². The molecule has 6 nitrogen and oxygen atoms in total. The molecule has 0 saturated carbocycles. The monoisotopic (exact) mass is 310 g/mol. The predicted octanol–water partition coefficient (Wildman–Crippen LogP) is 1.19. The average molecular weight is 310 g/mol. The molecule has 21 heavy (non-hydrogen) atoms. The Morgan fingerprint density at radius 2 is 1.52 bits per heavy atom. The van der Waals surface area contributed by atoms with Gasteiger partial charge in [0.2, 0.25) is 0 Å². The van der Waals surface area contributed by atoms with E-state index in [1.165, 1.54) is 34.6 Å². The first-order valence-corrected chi connectivity index (χ1v) is 6.91. The highest BCUT2D eigenvalue weighted by molar-refractivity contribution is 5.81.